The first-order valence-electron chi connectivity index (χ1n) is 6.89. The minimum Gasteiger partial charge on any atom is -0.329 e. The summed E-state index contributed by atoms with van der Waals surface area (Å²) in [6.45, 7) is 1.70. The molecule has 1 atom stereocenters. The van der Waals surface area contributed by atoms with Crippen LogP contribution in [-0.2, 0) is 19.3 Å². The zero-order valence-corrected chi connectivity index (χ0v) is 12.8. The van der Waals surface area contributed by atoms with E-state index >= 15 is 0 Å². The average molecular weight is 323 g/mol. The zero-order valence-electron chi connectivity index (χ0n) is 11.9. The molecule has 0 bridgehead atoms. The van der Waals surface area contributed by atoms with Crippen LogP contribution in [0.5, 0.6) is 0 Å². The number of nitrogens with zero attached hydrogens (tertiary/aromatic N) is 4. The van der Waals surface area contributed by atoms with E-state index in [1.54, 1.807) is 11.8 Å². The quantitative estimate of drug-likeness (QED) is 0.806. The fraction of sp³-hybridized carbons (Fsp3) is 0.833. The number of hydrogen-bond donors (Lipinski definition) is 1. The van der Waals surface area contributed by atoms with Crippen molar-refractivity contribution in [3.8, 4) is 0 Å². The van der Waals surface area contributed by atoms with Crippen molar-refractivity contribution in [1.29, 1.82) is 0 Å². The first kappa shape index (κ1) is 16.6. The molecule has 0 fully saturated rings. The molecule has 5 nitrogen and oxygen atoms in total. The summed E-state index contributed by atoms with van der Waals surface area (Å²) >= 11 is 1.78. The fourth-order valence-electron chi connectivity index (χ4n) is 2.61. The van der Waals surface area contributed by atoms with E-state index in [1.807, 2.05) is 0 Å². The summed E-state index contributed by atoms with van der Waals surface area (Å²) in [5.74, 6) is 0.541. The van der Waals surface area contributed by atoms with Gasteiger partial charge in [-0.2, -0.15) is 24.9 Å². The molecule has 0 aromatic carbocycles. The Bertz CT molecular complexity index is 462. The lowest BCUT2D eigenvalue weighted by Gasteiger charge is -2.34. The Balaban J connectivity index is 2.03. The van der Waals surface area contributed by atoms with Crippen LogP contribution < -0.4 is 5.73 Å². The third-order valence-electron chi connectivity index (χ3n) is 3.71. The molecule has 0 spiro atoms. The number of fused-ring (bicyclic) bond motifs is 1. The Morgan fingerprint density at radius 2 is 2.10 bits per heavy atom. The van der Waals surface area contributed by atoms with Gasteiger partial charge in [0.05, 0.1) is 6.54 Å². The van der Waals surface area contributed by atoms with Crippen molar-refractivity contribution in [2.24, 2.45) is 5.73 Å². The van der Waals surface area contributed by atoms with E-state index in [4.69, 9.17) is 5.73 Å². The normalized spacial score (nSPS) is 17.8. The van der Waals surface area contributed by atoms with Crippen molar-refractivity contribution in [2.45, 2.75) is 38.1 Å². The van der Waals surface area contributed by atoms with Crippen LogP contribution in [-0.4, -0.2) is 50.8 Å². The summed E-state index contributed by atoms with van der Waals surface area (Å²) in [5, 5.41) is 6.98. The van der Waals surface area contributed by atoms with Crippen LogP contribution in [0.25, 0.3) is 0 Å². The molecule has 0 amide bonds. The maximum atomic E-state index is 12.8. The first-order valence-corrected chi connectivity index (χ1v) is 8.29. The second-order valence-electron chi connectivity index (χ2n) is 5.08. The van der Waals surface area contributed by atoms with Gasteiger partial charge >= 0.3 is 6.18 Å². The molecule has 1 aliphatic heterocycles. The highest BCUT2D eigenvalue weighted by atomic mass is 32.2. The van der Waals surface area contributed by atoms with Gasteiger partial charge in [-0.25, -0.2) is 0 Å². The van der Waals surface area contributed by atoms with Gasteiger partial charge in [-0.3, -0.25) is 4.90 Å². The van der Waals surface area contributed by atoms with E-state index < -0.39 is 12.0 Å². The smallest absolute Gasteiger partial charge is 0.329 e. The largest absolute Gasteiger partial charge is 0.451 e. The maximum Gasteiger partial charge on any atom is 0.451 e. The average Bonchev–Trinajstić information content (AvgIpc) is 2.86. The summed E-state index contributed by atoms with van der Waals surface area (Å²) in [4.78, 5) is 2.12. The topological polar surface area (TPSA) is 60.0 Å². The van der Waals surface area contributed by atoms with Crippen LogP contribution in [0.4, 0.5) is 13.2 Å². The van der Waals surface area contributed by atoms with Crippen LogP contribution >= 0.6 is 11.8 Å². The van der Waals surface area contributed by atoms with Gasteiger partial charge in [-0.15, -0.1) is 10.2 Å². The van der Waals surface area contributed by atoms with E-state index in [0.29, 0.717) is 25.5 Å². The molecule has 2 rings (SSSR count). The molecule has 0 saturated carbocycles. The van der Waals surface area contributed by atoms with Gasteiger partial charge in [0, 0.05) is 25.7 Å². The minimum atomic E-state index is -4.45. The molecule has 0 aliphatic carbocycles. The number of halogens is 3. The van der Waals surface area contributed by atoms with Crippen LogP contribution in [0.2, 0.25) is 0 Å². The summed E-state index contributed by atoms with van der Waals surface area (Å²) < 4.78 is 39.5. The molecule has 1 aliphatic rings. The standard InChI is InChI=1S/C12H20F3N5S/c1-21-6-2-3-9(7-16)19-4-5-20-10(8-19)17-18-11(20)12(13,14)15/h9H,2-8,16H2,1H3. The predicted octanol–water partition coefficient (Wildman–Crippen LogP) is 1.58. The summed E-state index contributed by atoms with van der Waals surface area (Å²) in [5.41, 5.74) is 5.81. The zero-order chi connectivity index (χ0) is 15.5. The number of nitrogens with two attached hydrogens (primary N) is 1. The molecule has 120 valence electrons. The van der Waals surface area contributed by atoms with Crippen molar-refractivity contribution in [1.82, 2.24) is 19.7 Å². The molecule has 9 heteroatoms. The minimum absolute atomic E-state index is 0.192. The number of rotatable bonds is 6. The molecule has 0 radical (unpaired) electrons. The van der Waals surface area contributed by atoms with Crippen LogP contribution in [0.3, 0.4) is 0 Å². The lowest BCUT2D eigenvalue weighted by atomic mass is 10.1. The summed E-state index contributed by atoms with van der Waals surface area (Å²) in [6, 6.07) is 0.192. The Kier molecular flexibility index (Phi) is 5.50. The maximum absolute atomic E-state index is 12.8. The van der Waals surface area contributed by atoms with Crippen molar-refractivity contribution in [2.75, 3.05) is 25.1 Å². The Morgan fingerprint density at radius 3 is 2.71 bits per heavy atom. The highest BCUT2D eigenvalue weighted by molar-refractivity contribution is 7.98. The van der Waals surface area contributed by atoms with Crippen LogP contribution in [0.1, 0.15) is 24.5 Å². The van der Waals surface area contributed by atoms with Crippen molar-refractivity contribution < 1.29 is 13.2 Å². The van der Waals surface area contributed by atoms with Gasteiger partial charge < -0.3 is 10.3 Å². The number of aromatic nitrogens is 3. The Labute approximate surface area is 126 Å². The number of alkyl halides is 3. The van der Waals surface area contributed by atoms with Crippen LogP contribution in [0, 0.1) is 0 Å². The first-order chi connectivity index (χ1) is 9.97. The van der Waals surface area contributed by atoms with Crippen molar-refractivity contribution >= 4 is 11.8 Å². The van der Waals surface area contributed by atoms with E-state index in [1.165, 1.54) is 4.57 Å². The number of thioether (sulfide) groups is 1. The molecular formula is C12H20F3N5S. The molecule has 1 unspecified atom stereocenters. The lowest BCUT2D eigenvalue weighted by Crippen LogP contribution is -2.45. The third kappa shape index (κ3) is 3.89. The summed E-state index contributed by atoms with van der Waals surface area (Å²) in [6.07, 6.45) is -0.379. The van der Waals surface area contributed by atoms with E-state index in [0.717, 1.165) is 18.6 Å². The highest BCUT2D eigenvalue weighted by Gasteiger charge is 2.39. The molecule has 21 heavy (non-hydrogen) atoms. The van der Waals surface area contributed by atoms with Gasteiger partial charge in [-0.05, 0) is 24.9 Å². The third-order valence-corrected chi connectivity index (χ3v) is 4.41. The molecule has 2 heterocycles. The van der Waals surface area contributed by atoms with E-state index in [2.05, 4.69) is 21.4 Å². The van der Waals surface area contributed by atoms with Gasteiger partial charge in [0.25, 0.3) is 0 Å². The Hall–Kier alpha value is -0.800. The molecule has 1 aromatic rings. The van der Waals surface area contributed by atoms with Gasteiger partial charge in [0.1, 0.15) is 5.82 Å². The SMILES string of the molecule is CSCCCC(CN)N1CCn2c(nnc2C(F)(F)F)C1. The monoisotopic (exact) mass is 323 g/mol. The van der Waals surface area contributed by atoms with Crippen molar-refractivity contribution in [3.63, 3.8) is 0 Å². The summed E-state index contributed by atoms with van der Waals surface area (Å²) in [7, 11) is 0. The predicted molar refractivity (Wildman–Crippen MR) is 75.9 cm³/mol. The second-order valence-corrected chi connectivity index (χ2v) is 6.07. The molecular weight excluding hydrogens is 303 g/mol. The lowest BCUT2D eigenvalue weighted by molar-refractivity contribution is -0.148. The van der Waals surface area contributed by atoms with Gasteiger partial charge in [-0.1, -0.05) is 0 Å². The van der Waals surface area contributed by atoms with Gasteiger partial charge in [0.15, 0.2) is 0 Å². The highest BCUT2D eigenvalue weighted by Crippen LogP contribution is 2.29. The van der Waals surface area contributed by atoms with Gasteiger partial charge in [0.2, 0.25) is 5.82 Å². The second kappa shape index (κ2) is 6.97. The van der Waals surface area contributed by atoms with E-state index in [-0.39, 0.29) is 12.6 Å². The molecule has 1 aromatic heterocycles. The Morgan fingerprint density at radius 1 is 1.33 bits per heavy atom. The van der Waals surface area contributed by atoms with Crippen LogP contribution in [0.15, 0.2) is 0 Å². The van der Waals surface area contributed by atoms with Crippen molar-refractivity contribution in [3.05, 3.63) is 11.6 Å². The molecule has 2 N–H and O–H groups in total. The molecule has 0 saturated heterocycles. The fourth-order valence-corrected chi connectivity index (χ4v) is 3.07. The van der Waals surface area contributed by atoms with E-state index in [9.17, 15) is 13.2 Å². The number of hydrogen-bond acceptors (Lipinski definition) is 5.